The van der Waals surface area contributed by atoms with Gasteiger partial charge in [-0.1, -0.05) is 24.3 Å². The summed E-state index contributed by atoms with van der Waals surface area (Å²) < 4.78 is 63.0. The van der Waals surface area contributed by atoms with Gasteiger partial charge in [-0.3, -0.25) is 4.57 Å². The van der Waals surface area contributed by atoms with Gasteiger partial charge in [0.2, 0.25) is 0 Å². The second-order valence-corrected chi connectivity index (χ2v) is 9.40. The van der Waals surface area contributed by atoms with Crippen molar-refractivity contribution in [3.63, 3.8) is 0 Å². The van der Waals surface area contributed by atoms with Crippen LogP contribution in [0.15, 0.2) is 47.8 Å². The molecular weight excluding hydrogens is 474 g/mol. The van der Waals surface area contributed by atoms with Gasteiger partial charge in [-0.05, 0) is 65.8 Å². The Morgan fingerprint density at radius 2 is 1.91 bits per heavy atom. The number of aliphatic hydroxyl groups is 1. The Balaban J connectivity index is 1.62. The molecule has 0 bridgehead atoms. The van der Waals surface area contributed by atoms with Crippen molar-refractivity contribution in [2.24, 2.45) is 5.73 Å². The molecule has 3 rings (SSSR count). The van der Waals surface area contributed by atoms with Crippen LogP contribution in [0.5, 0.6) is 5.75 Å². The van der Waals surface area contributed by atoms with Gasteiger partial charge in [0.05, 0.1) is 30.9 Å². The number of rotatable bonds is 12. The van der Waals surface area contributed by atoms with Crippen molar-refractivity contribution in [2.75, 3.05) is 19.8 Å². The minimum atomic E-state index is -4.57. The molecule has 180 valence electrons. The van der Waals surface area contributed by atoms with E-state index in [0.717, 1.165) is 12.5 Å². The van der Waals surface area contributed by atoms with Gasteiger partial charge in [-0.15, -0.1) is 11.3 Å². The maximum Gasteiger partial charge on any atom is 0.419 e. The number of aliphatic hydroxyl groups excluding tert-OH is 1. The fraction of sp³-hybridized carbons (Fsp3) is 0.391. The first-order valence-corrected chi connectivity index (χ1v) is 12.3. The van der Waals surface area contributed by atoms with Crippen LogP contribution in [0, 0.1) is 0 Å². The Morgan fingerprint density at radius 1 is 1.12 bits per heavy atom. The lowest BCUT2D eigenvalue weighted by atomic mass is 9.93. The Hall–Kier alpha value is -1.90. The van der Waals surface area contributed by atoms with Crippen molar-refractivity contribution in [1.29, 1.82) is 0 Å². The highest BCUT2D eigenvalue weighted by molar-refractivity contribution is 7.17. The van der Waals surface area contributed by atoms with E-state index in [-0.39, 0.29) is 31.8 Å². The van der Waals surface area contributed by atoms with Crippen molar-refractivity contribution in [1.82, 2.24) is 0 Å². The minimum Gasteiger partial charge on any atom is -0.493 e. The van der Waals surface area contributed by atoms with Crippen molar-refractivity contribution in [3.05, 3.63) is 64.5 Å². The van der Waals surface area contributed by atoms with Crippen LogP contribution in [0.2, 0.25) is 0 Å². The smallest absolute Gasteiger partial charge is 0.419 e. The summed E-state index contributed by atoms with van der Waals surface area (Å²) in [5.74, 6) is -0.208. The van der Waals surface area contributed by atoms with Crippen LogP contribution in [0.3, 0.4) is 0 Å². The fourth-order valence-electron chi connectivity index (χ4n) is 3.54. The highest BCUT2D eigenvalue weighted by Gasteiger charge is 2.35. The van der Waals surface area contributed by atoms with Crippen molar-refractivity contribution in [2.45, 2.75) is 37.4 Å². The molecule has 0 amide bonds. The monoisotopic (exact) mass is 501 g/mol. The number of alkyl halides is 3. The largest absolute Gasteiger partial charge is 0.493 e. The molecule has 2 unspecified atom stereocenters. The number of hydrogen-bond acceptors (Lipinski definition) is 6. The zero-order valence-corrected chi connectivity index (χ0v) is 19.9. The summed E-state index contributed by atoms with van der Waals surface area (Å²) in [5.41, 5.74) is 5.57. The predicted octanol–water partition coefficient (Wildman–Crippen LogP) is 5.24. The second kappa shape index (κ2) is 11.5. The van der Waals surface area contributed by atoms with Gasteiger partial charge in [-0.25, -0.2) is 0 Å². The summed E-state index contributed by atoms with van der Waals surface area (Å²) in [6.07, 6.45) is -2.89. The number of aryl methyl sites for hydroxylation is 2. The van der Waals surface area contributed by atoms with E-state index in [0.29, 0.717) is 12.0 Å². The molecule has 5 nitrogen and oxygen atoms in total. The van der Waals surface area contributed by atoms with Crippen LogP contribution >= 0.6 is 20.0 Å². The molecule has 33 heavy (non-hydrogen) atoms. The zero-order valence-electron chi connectivity index (χ0n) is 17.9. The normalized spacial score (nSPS) is 14.2. The van der Waals surface area contributed by atoms with Gasteiger partial charge in [-0.2, -0.15) is 13.2 Å². The molecule has 0 aliphatic heterocycles. The third-order valence-corrected chi connectivity index (χ3v) is 6.74. The SMILES string of the molecule is NC(CO)(CCc1ccc(OCCCc2csc3ccccc23)c(C(F)(F)F)c1)CO[PH2]=O. The van der Waals surface area contributed by atoms with Crippen LogP contribution in [0.1, 0.15) is 29.5 Å². The minimum absolute atomic E-state index is 0.130. The molecule has 3 N–H and O–H groups in total. The van der Waals surface area contributed by atoms with Gasteiger partial charge < -0.3 is 20.1 Å². The van der Waals surface area contributed by atoms with E-state index in [2.05, 4.69) is 5.38 Å². The molecule has 0 aliphatic carbocycles. The van der Waals surface area contributed by atoms with Gasteiger partial charge in [0, 0.05) is 4.70 Å². The number of hydrogen-bond donors (Lipinski definition) is 2. The van der Waals surface area contributed by atoms with Crippen LogP contribution in [-0.4, -0.2) is 30.5 Å². The Labute approximate surface area is 195 Å². The summed E-state index contributed by atoms with van der Waals surface area (Å²) in [6, 6.07) is 12.0. The van der Waals surface area contributed by atoms with E-state index >= 15 is 0 Å². The number of halogens is 3. The molecule has 0 fully saturated rings. The van der Waals surface area contributed by atoms with E-state index in [1.807, 2.05) is 24.3 Å². The average Bonchev–Trinajstić information content (AvgIpc) is 3.22. The van der Waals surface area contributed by atoms with Crippen LogP contribution in [0.25, 0.3) is 10.1 Å². The first kappa shape index (κ1) is 25.7. The zero-order chi connectivity index (χ0) is 23.9. The molecular formula is C23H27F3NO4PS. The Bertz CT molecular complexity index is 1080. The molecule has 0 radical (unpaired) electrons. The molecule has 3 aromatic rings. The maximum absolute atomic E-state index is 13.6. The first-order valence-electron chi connectivity index (χ1n) is 10.5. The van der Waals surface area contributed by atoms with Crippen molar-refractivity contribution in [3.8, 4) is 5.75 Å². The molecule has 0 aliphatic rings. The lowest BCUT2D eigenvalue weighted by molar-refractivity contribution is -0.139. The van der Waals surface area contributed by atoms with Gasteiger partial charge in [0.15, 0.2) is 8.69 Å². The standard InChI is InChI=1S/C23H27F3NO4PS/c24-23(25,26)19-12-16(9-10-22(27,14-28)15-31-32-29)7-8-20(19)30-11-3-4-17-13-33-21-6-2-1-5-18(17)21/h1-2,5-8,12-13,28H,3-4,9-11,14-15,27,32H2. The van der Waals surface area contributed by atoms with Crippen LogP contribution in [0.4, 0.5) is 13.2 Å². The number of ether oxygens (including phenoxy) is 1. The van der Waals surface area contributed by atoms with Gasteiger partial charge in [0.25, 0.3) is 0 Å². The lowest BCUT2D eigenvalue weighted by Gasteiger charge is -2.26. The highest BCUT2D eigenvalue weighted by Crippen LogP contribution is 2.37. The quantitative estimate of drug-likeness (QED) is 0.262. The number of fused-ring (bicyclic) bond motifs is 1. The number of nitrogens with two attached hydrogens (primary N) is 1. The Morgan fingerprint density at radius 3 is 2.64 bits per heavy atom. The highest BCUT2D eigenvalue weighted by atomic mass is 32.1. The van der Waals surface area contributed by atoms with Gasteiger partial charge in [0.1, 0.15) is 5.75 Å². The van der Waals surface area contributed by atoms with E-state index in [1.54, 1.807) is 17.4 Å². The molecule has 1 aromatic heterocycles. The average molecular weight is 502 g/mol. The molecule has 2 aromatic carbocycles. The summed E-state index contributed by atoms with van der Waals surface area (Å²) in [7, 11) is -1.48. The van der Waals surface area contributed by atoms with Crippen LogP contribution < -0.4 is 10.5 Å². The number of thiophene rings is 1. The topological polar surface area (TPSA) is 81.8 Å². The predicted molar refractivity (Wildman–Crippen MR) is 126 cm³/mol. The molecule has 2 atom stereocenters. The number of benzene rings is 2. The molecule has 0 spiro atoms. The molecule has 1 heterocycles. The lowest BCUT2D eigenvalue weighted by Crippen LogP contribution is -2.47. The summed E-state index contributed by atoms with van der Waals surface area (Å²) in [4.78, 5) is 0. The van der Waals surface area contributed by atoms with E-state index < -0.39 is 32.6 Å². The van der Waals surface area contributed by atoms with E-state index in [4.69, 9.17) is 15.0 Å². The second-order valence-electron chi connectivity index (χ2n) is 7.97. The summed E-state index contributed by atoms with van der Waals surface area (Å²) in [5, 5.41) is 12.7. The molecule has 0 saturated heterocycles. The molecule has 10 heteroatoms. The molecule has 0 saturated carbocycles. The van der Waals surface area contributed by atoms with E-state index in [1.165, 1.54) is 21.7 Å². The maximum atomic E-state index is 13.6. The summed E-state index contributed by atoms with van der Waals surface area (Å²) >= 11 is 1.65. The van der Waals surface area contributed by atoms with Gasteiger partial charge >= 0.3 is 6.18 Å². The fourth-order valence-corrected chi connectivity index (χ4v) is 4.94. The van der Waals surface area contributed by atoms with Crippen LogP contribution in [-0.2, 0) is 28.1 Å². The van der Waals surface area contributed by atoms with Crippen molar-refractivity contribution < 1.29 is 32.1 Å². The third-order valence-electron chi connectivity index (χ3n) is 5.42. The van der Waals surface area contributed by atoms with E-state index in [9.17, 15) is 22.8 Å². The van der Waals surface area contributed by atoms with Crippen molar-refractivity contribution >= 4 is 30.1 Å². The summed E-state index contributed by atoms with van der Waals surface area (Å²) in [6.45, 7) is -0.397. The third kappa shape index (κ3) is 7.04. The Kier molecular flexibility index (Phi) is 8.95. The first-order chi connectivity index (χ1) is 15.8.